The Kier molecular flexibility index (Phi) is 5.66. The minimum atomic E-state index is -1.10. The number of carbonyl (C=O) groups is 2. The number of urea groups is 1. The summed E-state index contributed by atoms with van der Waals surface area (Å²) in [7, 11) is 0. The van der Waals surface area contributed by atoms with Crippen molar-refractivity contribution in [1.82, 2.24) is 10.6 Å². The number of aromatic hydroxyl groups is 1. The SMILES string of the molecule is CCCNC(=O)N[C@H](Cc1ccc(O)cc1)C(=O)O. The van der Waals surface area contributed by atoms with Crippen LogP contribution in [0.15, 0.2) is 24.3 Å². The van der Waals surface area contributed by atoms with Crippen molar-refractivity contribution in [2.45, 2.75) is 25.8 Å². The zero-order chi connectivity index (χ0) is 14.3. The Balaban J connectivity index is 2.60. The number of hydrogen-bond acceptors (Lipinski definition) is 3. The van der Waals surface area contributed by atoms with Crippen LogP contribution >= 0.6 is 0 Å². The number of rotatable bonds is 6. The molecule has 6 heteroatoms. The molecule has 104 valence electrons. The second kappa shape index (κ2) is 7.25. The Morgan fingerprint density at radius 2 is 1.89 bits per heavy atom. The van der Waals surface area contributed by atoms with Gasteiger partial charge in [-0.25, -0.2) is 9.59 Å². The molecule has 1 aromatic carbocycles. The van der Waals surface area contributed by atoms with Crippen LogP contribution in [-0.2, 0) is 11.2 Å². The highest BCUT2D eigenvalue weighted by Crippen LogP contribution is 2.11. The summed E-state index contributed by atoms with van der Waals surface area (Å²) in [6, 6.07) is 4.71. The molecule has 0 saturated heterocycles. The van der Waals surface area contributed by atoms with Gasteiger partial charge in [0.15, 0.2) is 0 Å². The number of phenolic OH excluding ortho intramolecular Hbond substituents is 1. The molecule has 0 heterocycles. The van der Waals surface area contributed by atoms with E-state index in [1.54, 1.807) is 12.1 Å². The third-order valence-corrected chi connectivity index (χ3v) is 2.52. The van der Waals surface area contributed by atoms with Gasteiger partial charge in [0, 0.05) is 13.0 Å². The van der Waals surface area contributed by atoms with E-state index in [9.17, 15) is 9.59 Å². The quantitative estimate of drug-likeness (QED) is 0.619. The summed E-state index contributed by atoms with van der Waals surface area (Å²) in [4.78, 5) is 22.5. The summed E-state index contributed by atoms with van der Waals surface area (Å²) in [6.07, 6.45) is 0.943. The maximum atomic E-state index is 11.4. The summed E-state index contributed by atoms with van der Waals surface area (Å²) in [5.74, 6) is -0.982. The molecule has 19 heavy (non-hydrogen) atoms. The van der Waals surface area contributed by atoms with E-state index in [2.05, 4.69) is 10.6 Å². The number of nitrogens with one attached hydrogen (secondary N) is 2. The van der Waals surface area contributed by atoms with Crippen LogP contribution in [0, 0.1) is 0 Å². The van der Waals surface area contributed by atoms with Gasteiger partial charge in [-0.15, -0.1) is 0 Å². The minimum absolute atomic E-state index is 0.115. The van der Waals surface area contributed by atoms with Crippen molar-refractivity contribution < 1.29 is 19.8 Å². The van der Waals surface area contributed by atoms with Gasteiger partial charge in [-0.1, -0.05) is 19.1 Å². The Bertz CT molecular complexity index is 431. The Hall–Kier alpha value is -2.24. The van der Waals surface area contributed by atoms with E-state index in [-0.39, 0.29) is 12.2 Å². The summed E-state index contributed by atoms with van der Waals surface area (Å²) < 4.78 is 0. The lowest BCUT2D eigenvalue weighted by atomic mass is 10.1. The molecule has 0 radical (unpaired) electrons. The molecule has 1 aromatic rings. The van der Waals surface area contributed by atoms with Crippen molar-refractivity contribution in [3.8, 4) is 5.75 Å². The monoisotopic (exact) mass is 266 g/mol. The van der Waals surface area contributed by atoms with E-state index in [1.807, 2.05) is 6.92 Å². The van der Waals surface area contributed by atoms with Gasteiger partial charge in [-0.05, 0) is 24.1 Å². The number of phenols is 1. The highest BCUT2D eigenvalue weighted by Gasteiger charge is 2.20. The second-order valence-corrected chi connectivity index (χ2v) is 4.16. The standard InChI is InChI=1S/C13H18N2O4/c1-2-7-14-13(19)15-11(12(17)18)8-9-3-5-10(16)6-4-9/h3-6,11,16H,2,7-8H2,1H3,(H,17,18)(H2,14,15,19)/t11-/m1/s1. The third-order valence-electron chi connectivity index (χ3n) is 2.52. The van der Waals surface area contributed by atoms with Crippen molar-refractivity contribution >= 4 is 12.0 Å². The molecular weight excluding hydrogens is 248 g/mol. The number of aliphatic carboxylic acids is 1. The van der Waals surface area contributed by atoms with E-state index in [1.165, 1.54) is 12.1 Å². The van der Waals surface area contributed by atoms with Crippen molar-refractivity contribution in [1.29, 1.82) is 0 Å². The van der Waals surface area contributed by atoms with E-state index in [0.29, 0.717) is 6.54 Å². The molecule has 0 aliphatic rings. The summed E-state index contributed by atoms with van der Waals surface area (Å²) in [5, 5.41) is 23.2. The van der Waals surface area contributed by atoms with Gasteiger partial charge in [0.25, 0.3) is 0 Å². The molecule has 0 saturated carbocycles. The zero-order valence-corrected chi connectivity index (χ0v) is 10.7. The number of carboxylic acids is 1. The lowest BCUT2D eigenvalue weighted by molar-refractivity contribution is -0.139. The predicted octanol–water partition coefficient (Wildman–Crippen LogP) is 1.10. The van der Waals surface area contributed by atoms with Gasteiger partial charge in [-0.2, -0.15) is 0 Å². The first-order chi connectivity index (χ1) is 9.02. The van der Waals surface area contributed by atoms with Crippen molar-refractivity contribution in [3.63, 3.8) is 0 Å². The van der Waals surface area contributed by atoms with E-state index in [4.69, 9.17) is 10.2 Å². The van der Waals surface area contributed by atoms with E-state index < -0.39 is 18.0 Å². The van der Waals surface area contributed by atoms with Gasteiger partial charge in [0.2, 0.25) is 0 Å². The minimum Gasteiger partial charge on any atom is -0.508 e. The van der Waals surface area contributed by atoms with Crippen LogP contribution in [0.2, 0.25) is 0 Å². The van der Waals surface area contributed by atoms with Crippen LogP contribution in [0.3, 0.4) is 0 Å². The fourth-order valence-electron chi connectivity index (χ4n) is 1.52. The molecule has 6 nitrogen and oxygen atoms in total. The number of hydrogen-bond donors (Lipinski definition) is 4. The van der Waals surface area contributed by atoms with Gasteiger partial charge in [0.1, 0.15) is 11.8 Å². The van der Waals surface area contributed by atoms with Crippen LogP contribution in [0.5, 0.6) is 5.75 Å². The van der Waals surface area contributed by atoms with E-state index in [0.717, 1.165) is 12.0 Å². The first-order valence-electron chi connectivity index (χ1n) is 6.08. The van der Waals surface area contributed by atoms with E-state index >= 15 is 0 Å². The van der Waals surface area contributed by atoms with Crippen LogP contribution in [0.25, 0.3) is 0 Å². The summed E-state index contributed by atoms with van der Waals surface area (Å²) in [5.41, 5.74) is 0.723. The number of benzene rings is 1. The van der Waals surface area contributed by atoms with Gasteiger partial charge >= 0.3 is 12.0 Å². The molecule has 1 atom stereocenters. The van der Waals surface area contributed by atoms with Crippen LogP contribution in [0.1, 0.15) is 18.9 Å². The fourth-order valence-corrected chi connectivity index (χ4v) is 1.52. The molecule has 1 rings (SSSR count). The molecule has 0 bridgehead atoms. The first-order valence-corrected chi connectivity index (χ1v) is 6.08. The van der Waals surface area contributed by atoms with Crippen molar-refractivity contribution in [3.05, 3.63) is 29.8 Å². The van der Waals surface area contributed by atoms with Crippen molar-refractivity contribution in [2.75, 3.05) is 6.54 Å². The normalized spacial score (nSPS) is 11.6. The molecule has 2 amide bonds. The maximum Gasteiger partial charge on any atom is 0.326 e. The molecule has 0 aliphatic heterocycles. The third kappa shape index (κ3) is 5.29. The Morgan fingerprint density at radius 1 is 1.26 bits per heavy atom. The Morgan fingerprint density at radius 3 is 2.42 bits per heavy atom. The summed E-state index contributed by atoms with van der Waals surface area (Å²) >= 11 is 0. The van der Waals surface area contributed by atoms with Crippen LogP contribution in [0.4, 0.5) is 4.79 Å². The molecular formula is C13H18N2O4. The number of carbonyl (C=O) groups excluding carboxylic acids is 1. The lowest BCUT2D eigenvalue weighted by Crippen LogP contribution is -2.47. The average molecular weight is 266 g/mol. The lowest BCUT2D eigenvalue weighted by Gasteiger charge is -2.15. The average Bonchev–Trinajstić information content (AvgIpc) is 2.38. The number of amides is 2. The van der Waals surface area contributed by atoms with Crippen LogP contribution in [-0.4, -0.2) is 34.8 Å². The molecule has 0 aliphatic carbocycles. The molecule has 0 fully saturated rings. The van der Waals surface area contributed by atoms with Gasteiger partial charge in [0.05, 0.1) is 0 Å². The smallest absolute Gasteiger partial charge is 0.326 e. The second-order valence-electron chi connectivity index (χ2n) is 4.16. The molecule has 0 aromatic heterocycles. The van der Waals surface area contributed by atoms with Gasteiger partial charge < -0.3 is 20.8 Å². The molecule has 4 N–H and O–H groups in total. The first kappa shape index (κ1) is 14.8. The largest absolute Gasteiger partial charge is 0.508 e. The topological polar surface area (TPSA) is 98.7 Å². The molecule has 0 spiro atoms. The summed E-state index contributed by atoms with van der Waals surface area (Å²) in [6.45, 7) is 2.41. The highest BCUT2D eigenvalue weighted by atomic mass is 16.4. The Labute approximate surface area is 111 Å². The maximum absolute atomic E-state index is 11.4. The van der Waals surface area contributed by atoms with Crippen molar-refractivity contribution in [2.24, 2.45) is 0 Å². The zero-order valence-electron chi connectivity index (χ0n) is 10.7. The highest BCUT2D eigenvalue weighted by molar-refractivity contribution is 5.82. The van der Waals surface area contributed by atoms with Crippen LogP contribution < -0.4 is 10.6 Å². The number of carboxylic acid groups (broad SMARTS) is 1. The predicted molar refractivity (Wildman–Crippen MR) is 70.1 cm³/mol. The van der Waals surface area contributed by atoms with Gasteiger partial charge in [-0.3, -0.25) is 0 Å². The molecule has 0 unspecified atom stereocenters. The fraction of sp³-hybridized carbons (Fsp3) is 0.385.